The highest BCUT2D eigenvalue weighted by molar-refractivity contribution is 8.27. The van der Waals surface area contributed by atoms with E-state index in [1.165, 1.54) is 0 Å². The maximum atomic E-state index is 10.1. The molecule has 0 spiro atoms. The van der Waals surface area contributed by atoms with Gasteiger partial charge in [0.25, 0.3) is 0 Å². The summed E-state index contributed by atoms with van der Waals surface area (Å²) >= 11 is 0. The number of aliphatic carboxylic acids is 1. The standard InChI is InChI=1S/C7H14O2S/c1-10(2,3)6-4-5-7(8)9/h1-2,4-6H2,3H3,(H,8,9). The van der Waals surface area contributed by atoms with Gasteiger partial charge < -0.3 is 5.11 Å². The van der Waals surface area contributed by atoms with E-state index in [0.29, 0.717) is 6.42 Å². The van der Waals surface area contributed by atoms with Crippen LogP contribution in [0.1, 0.15) is 12.8 Å². The van der Waals surface area contributed by atoms with E-state index in [2.05, 4.69) is 11.7 Å². The molecule has 0 amide bonds. The molecule has 0 aliphatic rings. The topological polar surface area (TPSA) is 37.3 Å². The summed E-state index contributed by atoms with van der Waals surface area (Å²) in [7, 11) is -0.983. The Kier molecular flexibility index (Phi) is 3.50. The minimum Gasteiger partial charge on any atom is -0.481 e. The number of hydrogen-bond acceptors (Lipinski definition) is 1. The van der Waals surface area contributed by atoms with Gasteiger partial charge in [0, 0.05) is 6.42 Å². The molecule has 0 aromatic heterocycles. The van der Waals surface area contributed by atoms with Gasteiger partial charge in [0.2, 0.25) is 0 Å². The van der Waals surface area contributed by atoms with E-state index < -0.39 is 15.2 Å². The Bertz CT molecular complexity index is 202. The smallest absolute Gasteiger partial charge is 0.303 e. The van der Waals surface area contributed by atoms with Gasteiger partial charge in [-0.05, 0) is 18.4 Å². The molecule has 0 atom stereocenters. The molecule has 0 aliphatic carbocycles. The second kappa shape index (κ2) is 3.66. The fourth-order valence-corrected chi connectivity index (χ4v) is 1.41. The number of carboxylic acid groups (broad SMARTS) is 1. The highest BCUT2D eigenvalue weighted by Crippen LogP contribution is 2.14. The van der Waals surface area contributed by atoms with Crippen molar-refractivity contribution in [2.24, 2.45) is 0 Å². The Morgan fingerprint density at radius 1 is 1.60 bits per heavy atom. The van der Waals surface area contributed by atoms with E-state index in [1.807, 2.05) is 6.26 Å². The van der Waals surface area contributed by atoms with Crippen LogP contribution in [0.5, 0.6) is 0 Å². The van der Waals surface area contributed by atoms with E-state index in [4.69, 9.17) is 5.11 Å². The van der Waals surface area contributed by atoms with Crippen LogP contribution in [0.25, 0.3) is 0 Å². The van der Waals surface area contributed by atoms with Gasteiger partial charge >= 0.3 is 5.97 Å². The van der Waals surface area contributed by atoms with Crippen molar-refractivity contribution in [2.45, 2.75) is 12.8 Å². The second-order valence-electron chi connectivity index (χ2n) is 2.68. The molecule has 0 aromatic rings. The summed E-state index contributed by atoms with van der Waals surface area (Å²) in [5.41, 5.74) is 0. The zero-order chi connectivity index (χ0) is 8.20. The third-order valence-corrected chi connectivity index (χ3v) is 2.30. The molecule has 0 heterocycles. The van der Waals surface area contributed by atoms with Gasteiger partial charge in [-0.3, -0.25) is 4.79 Å². The Labute approximate surface area is 62.4 Å². The van der Waals surface area contributed by atoms with Crippen molar-refractivity contribution in [1.29, 1.82) is 0 Å². The molecule has 0 rings (SSSR count). The van der Waals surface area contributed by atoms with Crippen LogP contribution >= 0.6 is 9.21 Å². The van der Waals surface area contributed by atoms with Crippen LogP contribution in [0.4, 0.5) is 0 Å². The summed E-state index contributed by atoms with van der Waals surface area (Å²) in [5, 5.41) is 8.28. The Hall–Kier alpha value is -0.440. The molecule has 0 aliphatic heterocycles. The predicted octanol–water partition coefficient (Wildman–Crippen LogP) is 1.15. The quantitative estimate of drug-likeness (QED) is 0.630. The van der Waals surface area contributed by atoms with Crippen LogP contribution < -0.4 is 0 Å². The molecule has 60 valence electrons. The van der Waals surface area contributed by atoms with Crippen LogP contribution in [0.15, 0.2) is 0 Å². The maximum Gasteiger partial charge on any atom is 0.303 e. The predicted molar refractivity (Wildman–Crippen MR) is 49.5 cm³/mol. The highest BCUT2D eigenvalue weighted by Gasteiger charge is 1.96. The lowest BCUT2D eigenvalue weighted by atomic mass is 10.3. The number of carbonyl (C=O) groups is 1. The molecule has 0 saturated heterocycles. The third kappa shape index (κ3) is 7.56. The molecule has 1 N–H and O–H groups in total. The zero-order valence-electron chi connectivity index (χ0n) is 6.30. The molecule has 0 bridgehead atoms. The second-order valence-corrected chi connectivity index (χ2v) is 6.04. The minimum atomic E-state index is -0.983. The van der Waals surface area contributed by atoms with Crippen molar-refractivity contribution in [3.8, 4) is 0 Å². The SMILES string of the molecule is C=S(=C)(C)CCCC(=O)O. The van der Waals surface area contributed by atoms with Crippen molar-refractivity contribution in [2.75, 3.05) is 12.0 Å². The van der Waals surface area contributed by atoms with Crippen LogP contribution in [-0.2, 0) is 4.79 Å². The largest absolute Gasteiger partial charge is 0.481 e. The van der Waals surface area contributed by atoms with Gasteiger partial charge in [-0.25, -0.2) is 9.21 Å². The van der Waals surface area contributed by atoms with Crippen molar-refractivity contribution >= 4 is 26.9 Å². The summed E-state index contributed by atoms with van der Waals surface area (Å²) in [4.78, 5) is 10.1. The Balaban J connectivity index is 3.49. The average molecular weight is 162 g/mol. The molecule has 0 saturated carbocycles. The van der Waals surface area contributed by atoms with E-state index >= 15 is 0 Å². The first-order valence-electron chi connectivity index (χ1n) is 3.06. The summed E-state index contributed by atoms with van der Waals surface area (Å²) in [6.07, 6.45) is 2.93. The van der Waals surface area contributed by atoms with Gasteiger partial charge in [-0.15, -0.1) is 0 Å². The Morgan fingerprint density at radius 2 is 2.10 bits per heavy atom. The van der Waals surface area contributed by atoms with Crippen LogP contribution in [0, 0.1) is 0 Å². The number of rotatable bonds is 4. The maximum absolute atomic E-state index is 10.1. The van der Waals surface area contributed by atoms with Crippen molar-refractivity contribution < 1.29 is 9.90 Å². The number of hydrogen-bond donors (Lipinski definition) is 1. The average Bonchev–Trinajstić information content (AvgIpc) is 1.59. The first kappa shape index (κ1) is 9.56. The normalized spacial score (nSPS) is 11.3. The first-order valence-corrected chi connectivity index (χ1v) is 5.60. The molecule has 0 aromatic carbocycles. The van der Waals surface area contributed by atoms with E-state index in [-0.39, 0.29) is 6.42 Å². The summed E-state index contributed by atoms with van der Waals surface area (Å²) < 4.78 is 0. The van der Waals surface area contributed by atoms with E-state index in [0.717, 1.165) is 5.75 Å². The summed E-state index contributed by atoms with van der Waals surface area (Å²) in [6.45, 7) is 0. The monoisotopic (exact) mass is 162 g/mol. The molecule has 0 fully saturated rings. The Morgan fingerprint density at radius 3 is 2.40 bits per heavy atom. The van der Waals surface area contributed by atoms with Gasteiger partial charge in [-0.1, -0.05) is 11.7 Å². The summed E-state index contributed by atoms with van der Waals surface area (Å²) in [5.74, 6) is 7.81. The minimum absolute atomic E-state index is 0.244. The molecule has 3 heteroatoms. The number of carboxylic acids is 1. The molecule has 10 heavy (non-hydrogen) atoms. The zero-order valence-corrected chi connectivity index (χ0v) is 7.12. The molecular weight excluding hydrogens is 148 g/mol. The summed E-state index contributed by atoms with van der Waals surface area (Å²) in [6, 6.07) is 0. The van der Waals surface area contributed by atoms with Crippen molar-refractivity contribution in [1.82, 2.24) is 0 Å². The van der Waals surface area contributed by atoms with Crippen molar-refractivity contribution in [3.63, 3.8) is 0 Å². The van der Waals surface area contributed by atoms with Gasteiger partial charge in [0.15, 0.2) is 0 Å². The molecule has 0 radical (unpaired) electrons. The molecule has 2 nitrogen and oxygen atoms in total. The van der Waals surface area contributed by atoms with E-state index in [1.54, 1.807) is 0 Å². The molecular formula is C7H14O2S. The van der Waals surface area contributed by atoms with E-state index in [9.17, 15) is 4.79 Å². The molecule has 0 unspecified atom stereocenters. The van der Waals surface area contributed by atoms with Crippen LogP contribution in [0.2, 0.25) is 0 Å². The fraction of sp³-hybridized carbons (Fsp3) is 0.571. The lowest BCUT2D eigenvalue weighted by Gasteiger charge is -2.03. The van der Waals surface area contributed by atoms with Crippen LogP contribution in [0.3, 0.4) is 0 Å². The fourth-order valence-electron chi connectivity index (χ4n) is 0.572. The van der Waals surface area contributed by atoms with Crippen LogP contribution in [-0.4, -0.2) is 34.8 Å². The third-order valence-electron chi connectivity index (χ3n) is 1.03. The van der Waals surface area contributed by atoms with Gasteiger partial charge in [0.05, 0.1) is 0 Å². The van der Waals surface area contributed by atoms with Crippen molar-refractivity contribution in [3.05, 3.63) is 0 Å². The van der Waals surface area contributed by atoms with Gasteiger partial charge in [-0.2, -0.15) is 0 Å². The van der Waals surface area contributed by atoms with Gasteiger partial charge in [0.1, 0.15) is 0 Å². The highest BCUT2D eigenvalue weighted by atomic mass is 32.2. The lowest BCUT2D eigenvalue weighted by molar-refractivity contribution is -0.137. The first-order chi connectivity index (χ1) is 4.42. The lowest BCUT2D eigenvalue weighted by Crippen LogP contribution is -1.96.